The second kappa shape index (κ2) is 8.98. The van der Waals surface area contributed by atoms with Gasteiger partial charge < -0.3 is 14.5 Å². The van der Waals surface area contributed by atoms with Gasteiger partial charge in [0.2, 0.25) is 11.9 Å². The first-order valence-corrected chi connectivity index (χ1v) is 10.3. The van der Waals surface area contributed by atoms with E-state index < -0.39 is 17.9 Å². The van der Waals surface area contributed by atoms with Crippen LogP contribution in [-0.2, 0) is 14.3 Å². The number of esters is 1. The maximum Gasteiger partial charge on any atom is 0.321 e. The highest BCUT2D eigenvalue weighted by Gasteiger charge is 2.42. The van der Waals surface area contributed by atoms with E-state index in [0.29, 0.717) is 5.96 Å². The van der Waals surface area contributed by atoms with Crippen LogP contribution >= 0.6 is 0 Å². The molecule has 0 spiro atoms. The summed E-state index contributed by atoms with van der Waals surface area (Å²) in [6.07, 6.45) is 0. The van der Waals surface area contributed by atoms with Gasteiger partial charge >= 0.3 is 5.97 Å². The van der Waals surface area contributed by atoms with Crippen LogP contribution in [0.3, 0.4) is 0 Å². The van der Waals surface area contributed by atoms with Gasteiger partial charge in [-0.3, -0.25) is 14.9 Å². The molecule has 2 atom stereocenters. The zero-order valence-electron chi connectivity index (χ0n) is 17.0. The van der Waals surface area contributed by atoms with Crippen molar-refractivity contribution < 1.29 is 14.3 Å². The SMILES string of the molecule is CCOC(=O)[C@H]1C(=O)NC(N2CCN(c3ccccc3)CC2)=N[C@@H]1c1ccccc1. The smallest absolute Gasteiger partial charge is 0.321 e. The van der Waals surface area contributed by atoms with Crippen molar-refractivity contribution in [3.8, 4) is 0 Å². The second-order valence-electron chi connectivity index (χ2n) is 7.34. The molecule has 2 aliphatic heterocycles. The highest BCUT2D eigenvalue weighted by molar-refractivity contribution is 6.08. The quantitative estimate of drug-likeness (QED) is 0.623. The van der Waals surface area contributed by atoms with E-state index in [1.165, 1.54) is 5.69 Å². The molecular formula is C23H26N4O3. The predicted molar refractivity (Wildman–Crippen MR) is 115 cm³/mol. The van der Waals surface area contributed by atoms with Crippen molar-refractivity contribution in [1.82, 2.24) is 10.2 Å². The van der Waals surface area contributed by atoms with Gasteiger partial charge in [0.15, 0.2) is 5.92 Å². The lowest BCUT2D eigenvalue weighted by atomic mass is 9.91. The Labute approximate surface area is 176 Å². The molecule has 1 amide bonds. The first-order chi connectivity index (χ1) is 14.7. The predicted octanol–water partition coefficient (Wildman–Crippen LogP) is 2.22. The molecule has 30 heavy (non-hydrogen) atoms. The Morgan fingerprint density at radius 1 is 1.00 bits per heavy atom. The fourth-order valence-electron chi connectivity index (χ4n) is 3.93. The Kier molecular flexibility index (Phi) is 5.97. The summed E-state index contributed by atoms with van der Waals surface area (Å²) in [6, 6.07) is 19.1. The average Bonchev–Trinajstić information content (AvgIpc) is 2.80. The van der Waals surface area contributed by atoms with Crippen LogP contribution in [0.25, 0.3) is 0 Å². The molecule has 0 saturated carbocycles. The number of aliphatic imine (C=N–C) groups is 1. The number of para-hydroxylation sites is 1. The summed E-state index contributed by atoms with van der Waals surface area (Å²) in [6.45, 7) is 5.09. The van der Waals surface area contributed by atoms with E-state index >= 15 is 0 Å². The van der Waals surface area contributed by atoms with Gasteiger partial charge in [0.25, 0.3) is 0 Å². The molecule has 2 aromatic carbocycles. The molecule has 1 N–H and O–H groups in total. The van der Waals surface area contributed by atoms with Crippen molar-refractivity contribution >= 4 is 23.5 Å². The number of amides is 1. The standard InChI is InChI=1S/C23H26N4O3/c1-2-30-22(29)19-20(17-9-5-3-6-10-17)24-23(25-21(19)28)27-15-13-26(14-16-27)18-11-7-4-8-12-18/h3-12,19-20H,2,13-16H2,1H3,(H,24,25,28)/t19-,20-/m1/s1. The lowest BCUT2D eigenvalue weighted by Gasteiger charge is -2.39. The van der Waals surface area contributed by atoms with Crippen LogP contribution in [0.2, 0.25) is 0 Å². The van der Waals surface area contributed by atoms with Crippen molar-refractivity contribution in [2.24, 2.45) is 10.9 Å². The van der Waals surface area contributed by atoms with Crippen molar-refractivity contribution in [2.45, 2.75) is 13.0 Å². The molecular weight excluding hydrogens is 380 g/mol. The first-order valence-electron chi connectivity index (χ1n) is 10.3. The van der Waals surface area contributed by atoms with Crippen LogP contribution in [0.1, 0.15) is 18.5 Å². The summed E-state index contributed by atoms with van der Waals surface area (Å²) < 4.78 is 5.16. The van der Waals surface area contributed by atoms with Crippen LogP contribution in [-0.4, -0.2) is 55.5 Å². The van der Waals surface area contributed by atoms with Crippen LogP contribution in [0.5, 0.6) is 0 Å². The van der Waals surface area contributed by atoms with Gasteiger partial charge in [0, 0.05) is 31.9 Å². The number of guanidine groups is 1. The third-order valence-corrected chi connectivity index (χ3v) is 5.48. The summed E-state index contributed by atoms with van der Waals surface area (Å²) in [4.78, 5) is 34.6. The maximum absolute atomic E-state index is 12.9. The van der Waals surface area contributed by atoms with E-state index in [-0.39, 0.29) is 12.5 Å². The molecule has 1 fully saturated rings. The Balaban J connectivity index is 1.55. The number of ether oxygens (including phenoxy) is 1. The molecule has 4 rings (SSSR count). The molecule has 0 aliphatic carbocycles. The highest BCUT2D eigenvalue weighted by Crippen LogP contribution is 2.31. The largest absolute Gasteiger partial charge is 0.465 e. The van der Waals surface area contributed by atoms with E-state index in [2.05, 4.69) is 27.2 Å². The third kappa shape index (κ3) is 4.15. The van der Waals surface area contributed by atoms with Crippen molar-refractivity contribution in [3.05, 3.63) is 66.2 Å². The number of hydrogen-bond acceptors (Lipinski definition) is 6. The zero-order valence-corrected chi connectivity index (χ0v) is 17.0. The molecule has 156 valence electrons. The number of nitrogens with zero attached hydrogens (tertiary/aromatic N) is 3. The number of rotatable bonds is 4. The fourth-order valence-corrected chi connectivity index (χ4v) is 3.93. The van der Waals surface area contributed by atoms with Gasteiger partial charge in [-0.1, -0.05) is 48.5 Å². The fraction of sp³-hybridized carbons (Fsp3) is 0.348. The van der Waals surface area contributed by atoms with Gasteiger partial charge in [-0.05, 0) is 24.6 Å². The Bertz CT molecular complexity index is 909. The van der Waals surface area contributed by atoms with Gasteiger partial charge in [-0.25, -0.2) is 4.99 Å². The first kappa shape index (κ1) is 19.9. The van der Waals surface area contributed by atoms with Gasteiger partial charge in [-0.2, -0.15) is 0 Å². The average molecular weight is 406 g/mol. The number of anilines is 1. The summed E-state index contributed by atoms with van der Waals surface area (Å²) in [5, 5.41) is 2.85. The molecule has 0 unspecified atom stereocenters. The van der Waals surface area contributed by atoms with Gasteiger partial charge in [-0.15, -0.1) is 0 Å². The lowest BCUT2D eigenvalue weighted by molar-refractivity contribution is -0.153. The van der Waals surface area contributed by atoms with Crippen LogP contribution < -0.4 is 10.2 Å². The third-order valence-electron chi connectivity index (χ3n) is 5.48. The van der Waals surface area contributed by atoms with E-state index in [1.807, 2.05) is 48.5 Å². The van der Waals surface area contributed by atoms with Crippen molar-refractivity contribution in [2.75, 3.05) is 37.7 Å². The minimum absolute atomic E-state index is 0.224. The number of nitrogens with one attached hydrogen (secondary N) is 1. The highest BCUT2D eigenvalue weighted by atomic mass is 16.5. The molecule has 1 saturated heterocycles. The van der Waals surface area contributed by atoms with E-state index in [1.54, 1.807) is 6.92 Å². The summed E-state index contributed by atoms with van der Waals surface area (Å²) in [7, 11) is 0. The summed E-state index contributed by atoms with van der Waals surface area (Å²) in [5.74, 6) is -1.36. The normalized spacial score (nSPS) is 21.6. The number of benzene rings is 2. The Hall–Kier alpha value is -3.35. The van der Waals surface area contributed by atoms with Gasteiger partial charge in [0.1, 0.15) is 6.04 Å². The number of piperazine rings is 1. The van der Waals surface area contributed by atoms with E-state index in [4.69, 9.17) is 9.73 Å². The summed E-state index contributed by atoms with van der Waals surface area (Å²) in [5.41, 5.74) is 2.02. The summed E-state index contributed by atoms with van der Waals surface area (Å²) >= 11 is 0. The molecule has 2 heterocycles. The van der Waals surface area contributed by atoms with Crippen molar-refractivity contribution in [3.63, 3.8) is 0 Å². The zero-order chi connectivity index (χ0) is 20.9. The molecule has 2 aliphatic rings. The van der Waals surface area contributed by atoms with E-state index in [9.17, 15) is 9.59 Å². The van der Waals surface area contributed by atoms with Gasteiger partial charge in [0.05, 0.1) is 6.61 Å². The maximum atomic E-state index is 12.9. The number of hydrogen-bond donors (Lipinski definition) is 1. The molecule has 0 radical (unpaired) electrons. The Morgan fingerprint density at radius 3 is 2.23 bits per heavy atom. The van der Waals surface area contributed by atoms with Crippen LogP contribution in [0, 0.1) is 5.92 Å². The number of carbonyl (C=O) groups excluding carboxylic acids is 2. The van der Waals surface area contributed by atoms with E-state index in [0.717, 1.165) is 31.7 Å². The molecule has 0 aromatic heterocycles. The van der Waals surface area contributed by atoms with Crippen molar-refractivity contribution in [1.29, 1.82) is 0 Å². The van der Waals surface area contributed by atoms with Crippen LogP contribution in [0.4, 0.5) is 5.69 Å². The lowest BCUT2D eigenvalue weighted by Crippen LogP contribution is -2.57. The molecule has 0 bridgehead atoms. The second-order valence-corrected chi connectivity index (χ2v) is 7.34. The Morgan fingerprint density at radius 2 is 1.60 bits per heavy atom. The minimum Gasteiger partial charge on any atom is -0.465 e. The molecule has 2 aromatic rings. The monoisotopic (exact) mass is 406 g/mol. The molecule has 7 heteroatoms. The molecule has 7 nitrogen and oxygen atoms in total. The number of carbonyl (C=O) groups is 2. The van der Waals surface area contributed by atoms with Crippen LogP contribution in [0.15, 0.2) is 65.7 Å². The minimum atomic E-state index is -0.985. The topological polar surface area (TPSA) is 74.2 Å².